The Bertz CT molecular complexity index is 549. The van der Waals surface area contributed by atoms with E-state index in [1.165, 1.54) is 0 Å². The van der Waals surface area contributed by atoms with E-state index in [0.29, 0.717) is 30.1 Å². The normalized spacial score (nSPS) is 14.7. The summed E-state index contributed by atoms with van der Waals surface area (Å²) in [5.74, 6) is 1.85. The van der Waals surface area contributed by atoms with Crippen LogP contribution >= 0.6 is 0 Å². The molecule has 1 aliphatic heterocycles. The van der Waals surface area contributed by atoms with Gasteiger partial charge in [-0.1, -0.05) is 0 Å². The van der Waals surface area contributed by atoms with E-state index in [0.717, 1.165) is 51.3 Å². The van der Waals surface area contributed by atoms with E-state index in [2.05, 4.69) is 15.5 Å². The van der Waals surface area contributed by atoms with Crippen LogP contribution in [0.3, 0.4) is 0 Å². The number of carbonyl (C=O) groups excluding carboxylic acids is 1. The van der Waals surface area contributed by atoms with Crippen molar-refractivity contribution in [2.75, 3.05) is 60.6 Å². The van der Waals surface area contributed by atoms with Crippen LogP contribution in [0.5, 0.6) is 17.2 Å². The number of hydrogen-bond donors (Lipinski definition) is 2. The topological polar surface area (TPSA) is 72.1 Å². The predicted octanol–water partition coefficient (Wildman–Crippen LogP) is 1.06. The van der Waals surface area contributed by atoms with Crippen molar-refractivity contribution in [3.05, 3.63) is 17.7 Å². The first-order chi connectivity index (χ1) is 12.7. The molecule has 0 aromatic heterocycles. The van der Waals surface area contributed by atoms with Gasteiger partial charge in [-0.25, -0.2) is 0 Å². The standard InChI is InChI=1S/C19H31N3O4/c1-24-16-13-15(14-17(25-2)19(16)26-3)5-6-18(23)21-7-4-10-22-11-8-20-9-12-22/h13-14,20H,4-12H2,1-3H3,(H,21,23). The number of carbonyl (C=O) groups is 1. The van der Waals surface area contributed by atoms with Crippen molar-refractivity contribution in [3.63, 3.8) is 0 Å². The van der Waals surface area contributed by atoms with E-state index in [1.54, 1.807) is 21.3 Å². The zero-order valence-electron chi connectivity index (χ0n) is 16.1. The monoisotopic (exact) mass is 365 g/mol. The van der Waals surface area contributed by atoms with E-state index >= 15 is 0 Å². The second-order valence-electron chi connectivity index (χ2n) is 6.33. The molecule has 1 aliphatic rings. The SMILES string of the molecule is COc1cc(CCC(=O)NCCCN2CCNCC2)cc(OC)c1OC. The minimum Gasteiger partial charge on any atom is -0.493 e. The Labute approximate surface area is 156 Å². The summed E-state index contributed by atoms with van der Waals surface area (Å²) in [5, 5.41) is 6.35. The molecule has 0 saturated carbocycles. The molecule has 2 N–H and O–H groups in total. The molecule has 0 atom stereocenters. The highest BCUT2D eigenvalue weighted by Gasteiger charge is 2.14. The number of ether oxygens (including phenoxy) is 3. The van der Waals surface area contributed by atoms with Crippen LogP contribution in [0.1, 0.15) is 18.4 Å². The molecule has 7 nitrogen and oxygen atoms in total. The summed E-state index contributed by atoms with van der Waals surface area (Å²) in [4.78, 5) is 14.5. The van der Waals surface area contributed by atoms with Crippen LogP contribution in [0, 0.1) is 0 Å². The maximum atomic E-state index is 12.1. The maximum Gasteiger partial charge on any atom is 0.220 e. The summed E-state index contributed by atoms with van der Waals surface area (Å²) in [7, 11) is 4.76. The van der Waals surface area contributed by atoms with Crippen molar-refractivity contribution >= 4 is 5.91 Å². The molecule has 0 spiro atoms. The summed E-state index contributed by atoms with van der Waals surface area (Å²) >= 11 is 0. The smallest absolute Gasteiger partial charge is 0.220 e. The Morgan fingerprint density at radius 2 is 1.77 bits per heavy atom. The number of benzene rings is 1. The molecule has 1 aromatic carbocycles. The predicted molar refractivity (Wildman–Crippen MR) is 101 cm³/mol. The second kappa shape index (κ2) is 10.9. The molecular weight excluding hydrogens is 334 g/mol. The quantitative estimate of drug-likeness (QED) is 0.604. The largest absolute Gasteiger partial charge is 0.493 e. The van der Waals surface area contributed by atoms with E-state index in [-0.39, 0.29) is 5.91 Å². The van der Waals surface area contributed by atoms with Crippen LogP contribution in [0.4, 0.5) is 0 Å². The number of nitrogens with one attached hydrogen (secondary N) is 2. The summed E-state index contributed by atoms with van der Waals surface area (Å²) in [6, 6.07) is 3.78. The van der Waals surface area contributed by atoms with Gasteiger partial charge in [0.25, 0.3) is 0 Å². The third-order valence-corrected chi connectivity index (χ3v) is 4.55. The maximum absolute atomic E-state index is 12.1. The van der Waals surface area contributed by atoms with Crippen molar-refractivity contribution in [1.82, 2.24) is 15.5 Å². The van der Waals surface area contributed by atoms with E-state index < -0.39 is 0 Å². The van der Waals surface area contributed by atoms with Crippen LogP contribution in [0.2, 0.25) is 0 Å². The fourth-order valence-electron chi connectivity index (χ4n) is 3.09. The third kappa shape index (κ3) is 6.07. The van der Waals surface area contributed by atoms with Gasteiger partial charge < -0.3 is 29.7 Å². The molecule has 26 heavy (non-hydrogen) atoms. The average molecular weight is 365 g/mol. The molecule has 1 saturated heterocycles. The summed E-state index contributed by atoms with van der Waals surface area (Å²) in [6.45, 7) is 6.05. The third-order valence-electron chi connectivity index (χ3n) is 4.55. The van der Waals surface area contributed by atoms with Crippen LogP contribution in [-0.4, -0.2) is 71.4 Å². The minimum absolute atomic E-state index is 0.0686. The molecule has 1 amide bonds. The number of rotatable bonds is 10. The Hall–Kier alpha value is -1.99. The zero-order chi connectivity index (χ0) is 18.8. The van der Waals surface area contributed by atoms with Gasteiger partial charge in [0.15, 0.2) is 11.5 Å². The van der Waals surface area contributed by atoms with E-state index in [1.807, 2.05) is 12.1 Å². The Morgan fingerprint density at radius 3 is 2.35 bits per heavy atom. The zero-order valence-corrected chi connectivity index (χ0v) is 16.1. The highest BCUT2D eigenvalue weighted by molar-refractivity contribution is 5.76. The number of aryl methyl sites for hydroxylation is 1. The van der Waals surface area contributed by atoms with Gasteiger partial charge in [-0.05, 0) is 37.1 Å². The average Bonchev–Trinajstić information content (AvgIpc) is 2.69. The van der Waals surface area contributed by atoms with Gasteiger partial charge in [-0.15, -0.1) is 0 Å². The molecule has 0 aliphatic carbocycles. The lowest BCUT2D eigenvalue weighted by atomic mass is 10.1. The number of nitrogens with zero attached hydrogens (tertiary/aromatic N) is 1. The Balaban J connectivity index is 1.74. The van der Waals surface area contributed by atoms with Crippen molar-refractivity contribution in [3.8, 4) is 17.2 Å². The van der Waals surface area contributed by atoms with Gasteiger partial charge in [0.05, 0.1) is 21.3 Å². The lowest BCUT2D eigenvalue weighted by Crippen LogP contribution is -2.44. The van der Waals surface area contributed by atoms with Crippen LogP contribution in [0.15, 0.2) is 12.1 Å². The van der Waals surface area contributed by atoms with E-state index in [4.69, 9.17) is 14.2 Å². The molecule has 7 heteroatoms. The Morgan fingerprint density at radius 1 is 1.12 bits per heavy atom. The lowest BCUT2D eigenvalue weighted by Gasteiger charge is -2.27. The molecule has 1 heterocycles. The van der Waals surface area contributed by atoms with Crippen LogP contribution < -0.4 is 24.8 Å². The molecule has 1 fully saturated rings. The Kier molecular flexibility index (Phi) is 8.50. The summed E-state index contributed by atoms with van der Waals surface area (Å²) < 4.78 is 16.0. The van der Waals surface area contributed by atoms with Gasteiger partial charge in [-0.2, -0.15) is 0 Å². The molecule has 146 valence electrons. The number of piperazine rings is 1. The van der Waals surface area contributed by atoms with Gasteiger partial charge >= 0.3 is 0 Å². The summed E-state index contributed by atoms with van der Waals surface area (Å²) in [5.41, 5.74) is 0.982. The van der Waals surface area contributed by atoms with E-state index in [9.17, 15) is 4.79 Å². The minimum atomic E-state index is 0.0686. The van der Waals surface area contributed by atoms with Crippen molar-refractivity contribution in [2.24, 2.45) is 0 Å². The fourth-order valence-corrected chi connectivity index (χ4v) is 3.09. The second-order valence-corrected chi connectivity index (χ2v) is 6.33. The summed E-state index contributed by atoms with van der Waals surface area (Å²) in [6.07, 6.45) is 2.04. The molecule has 0 bridgehead atoms. The molecule has 0 radical (unpaired) electrons. The first-order valence-corrected chi connectivity index (χ1v) is 9.16. The highest BCUT2D eigenvalue weighted by Crippen LogP contribution is 2.38. The lowest BCUT2D eigenvalue weighted by molar-refractivity contribution is -0.121. The van der Waals surface area contributed by atoms with Crippen molar-refractivity contribution in [2.45, 2.75) is 19.3 Å². The van der Waals surface area contributed by atoms with Crippen molar-refractivity contribution in [1.29, 1.82) is 0 Å². The van der Waals surface area contributed by atoms with Gasteiger partial charge in [0, 0.05) is 39.1 Å². The van der Waals surface area contributed by atoms with Crippen LogP contribution in [-0.2, 0) is 11.2 Å². The molecule has 1 aromatic rings. The van der Waals surface area contributed by atoms with Crippen LogP contribution in [0.25, 0.3) is 0 Å². The highest BCUT2D eigenvalue weighted by atomic mass is 16.5. The molecular formula is C19H31N3O4. The number of methoxy groups -OCH3 is 3. The van der Waals surface area contributed by atoms with Gasteiger partial charge in [0.1, 0.15) is 0 Å². The number of amides is 1. The fraction of sp³-hybridized carbons (Fsp3) is 0.632. The van der Waals surface area contributed by atoms with Gasteiger partial charge in [-0.3, -0.25) is 4.79 Å². The van der Waals surface area contributed by atoms with Crippen molar-refractivity contribution < 1.29 is 19.0 Å². The molecule has 2 rings (SSSR count). The first-order valence-electron chi connectivity index (χ1n) is 9.16. The van der Waals surface area contributed by atoms with Gasteiger partial charge in [0.2, 0.25) is 11.7 Å². The number of hydrogen-bond acceptors (Lipinski definition) is 6. The first kappa shape index (κ1) is 20.3. The molecule has 0 unspecified atom stereocenters.